The van der Waals surface area contributed by atoms with E-state index in [1.165, 1.54) is 24.8 Å². The largest absolute Gasteiger partial charge is 0.494 e. The second kappa shape index (κ2) is 7.31. The van der Waals surface area contributed by atoms with Crippen LogP contribution in [-0.2, 0) is 5.41 Å². The Morgan fingerprint density at radius 1 is 1.19 bits per heavy atom. The van der Waals surface area contributed by atoms with Crippen molar-refractivity contribution in [1.29, 1.82) is 0 Å². The number of rotatable bonds is 8. The zero-order valence-corrected chi connectivity index (χ0v) is 14.1. The van der Waals surface area contributed by atoms with Gasteiger partial charge in [-0.3, -0.25) is 0 Å². The molecule has 21 heavy (non-hydrogen) atoms. The van der Waals surface area contributed by atoms with Gasteiger partial charge in [0.25, 0.3) is 0 Å². The van der Waals surface area contributed by atoms with Crippen molar-refractivity contribution in [3.05, 3.63) is 29.8 Å². The summed E-state index contributed by atoms with van der Waals surface area (Å²) in [6.45, 7) is 11.8. The van der Waals surface area contributed by atoms with E-state index in [0.717, 1.165) is 31.4 Å². The van der Waals surface area contributed by atoms with Crippen molar-refractivity contribution in [3.63, 3.8) is 0 Å². The molecule has 0 bridgehead atoms. The highest BCUT2D eigenvalue weighted by Gasteiger charge is 2.44. The van der Waals surface area contributed by atoms with Crippen LogP contribution in [-0.4, -0.2) is 19.7 Å². The molecule has 1 aliphatic carbocycles. The van der Waals surface area contributed by atoms with Crippen LogP contribution >= 0.6 is 0 Å². The summed E-state index contributed by atoms with van der Waals surface area (Å²) in [5, 5.41) is 3.68. The molecule has 2 nitrogen and oxygen atoms in total. The fourth-order valence-electron chi connectivity index (χ4n) is 3.49. The van der Waals surface area contributed by atoms with Crippen molar-refractivity contribution >= 4 is 0 Å². The fraction of sp³-hybridized carbons (Fsp3) is 0.684. The van der Waals surface area contributed by atoms with Gasteiger partial charge in [-0.15, -0.1) is 0 Å². The first kappa shape index (κ1) is 16.4. The molecular formula is C19H31NO. The van der Waals surface area contributed by atoms with Crippen LogP contribution in [0.15, 0.2) is 24.3 Å². The van der Waals surface area contributed by atoms with Crippen molar-refractivity contribution in [3.8, 4) is 5.75 Å². The molecule has 0 radical (unpaired) electrons. The van der Waals surface area contributed by atoms with Gasteiger partial charge < -0.3 is 10.1 Å². The first-order valence-electron chi connectivity index (χ1n) is 8.53. The molecule has 0 spiro atoms. The minimum absolute atomic E-state index is 0.348. The lowest BCUT2D eigenvalue weighted by molar-refractivity contribution is 0.133. The minimum Gasteiger partial charge on any atom is -0.494 e. The topological polar surface area (TPSA) is 21.3 Å². The number of benzene rings is 1. The molecule has 1 N–H and O–H groups in total. The monoisotopic (exact) mass is 289 g/mol. The second-order valence-electron chi connectivity index (χ2n) is 6.94. The Morgan fingerprint density at radius 2 is 1.86 bits per heavy atom. The van der Waals surface area contributed by atoms with Gasteiger partial charge in [0.1, 0.15) is 5.75 Å². The van der Waals surface area contributed by atoms with Gasteiger partial charge in [-0.25, -0.2) is 0 Å². The van der Waals surface area contributed by atoms with E-state index in [2.05, 4.69) is 50.4 Å². The third-order valence-electron chi connectivity index (χ3n) is 4.73. The second-order valence-corrected chi connectivity index (χ2v) is 6.94. The van der Waals surface area contributed by atoms with Crippen molar-refractivity contribution in [2.24, 2.45) is 11.8 Å². The SMILES string of the molecule is CCOc1ccc(C2(CNCC(C)C)CC(CC)C2)cc1. The van der Waals surface area contributed by atoms with Crippen LogP contribution < -0.4 is 10.1 Å². The molecule has 1 saturated carbocycles. The zero-order valence-electron chi connectivity index (χ0n) is 14.1. The van der Waals surface area contributed by atoms with E-state index in [1.807, 2.05) is 6.92 Å². The van der Waals surface area contributed by atoms with E-state index in [1.54, 1.807) is 0 Å². The molecule has 1 aromatic carbocycles. The Kier molecular flexibility index (Phi) is 5.69. The lowest BCUT2D eigenvalue weighted by atomic mass is 9.58. The molecule has 0 unspecified atom stereocenters. The fourth-order valence-corrected chi connectivity index (χ4v) is 3.49. The summed E-state index contributed by atoms with van der Waals surface area (Å²) in [5.41, 5.74) is 1.83. The normalized spacial score (nSPS) is 24.9. The lowest BCUT2D eigenvalue weighted by Gasteiger charge is -2.48. The molecule has 1 aromatic rings. The maximum atomic E-state index is 5.56. The van der Waals surface area contributed by atoms with Gasteiger partial charge in [-0.1, -0.05) is 39.3 Å². The predicted molar refractivity (Wildman–Crippen MR) is 90.0 cm³/mol. The average molecular weight is 289 g/mol. The van der Waals surface area contributed by atoms with Gasteiger partial charge in [0.2, 0.25) is 0 Å². The van der Waals surface area contributed by atoms with E-state index in [4.69, 9.17) is 4.74 Å². The van der Waals surface area contributed by atoms with E-state index in [-0.39, 0.29) is 0 Å². The smallest absolute Gasteiger partial charge is 0.119 e. The summed E-state index contributed by atoms with van der Waals surface area (Å²) < 4.78 is 5.56. The van der Waals surface area contributed by atoms with Crippen LogP contribution in [0.25, 0.3) is 0 Å². The number of hydrogen-bond donors (Lipinski definition) is 1. The van der Waals surface area contributed by atoms with Crippen molar-refractivity contribution in [2.75, 3.05) is 19.7 Å². The summed E-state index contributed by atoms with van der Waals surface area (Å²) in [4.78, 5) is 0. The van der Waals surface area contributed by atoms with Crippen molar-refractivity contribution < 1.29 is 4.74 Å². The van der Waals surface area contributed by atoms with Crippen LogP contribution in [0.2, 0.25) is 0 Å². The molecule has 1 fully saturated rings. The van der Waals surface area contributed by atoms with Gasteiger partial charge in [0.15, 0.2) is 0 Å². The summed E-state index contributed by atoms with van der Waals surface area (Å²) in [7, 11) is 0. The van der Waals surface area contributed by atoms with Crippen LogP contribution in [0.4, 0.5) is 0 Å². The standard InChI is InChI=1S/C19H31NO/c1-5-16-11-19(12-16,14-20-13-15(3)4)17-7-9-18(10-8-17)21-6-2/h7-10,15-16,20H,5-6,11-14H2,1-4H3. The summed E-state index contributed by atoms with van der Waals surface area (Å²) >= 11 is 0. The Labute approximate surface area is 130 Å². The first-order chi connectivity index (χ1) is 10.1. The van der Waals surface area contributed by atoms with Crippen LogP contribution in [0.5, 0.6) is 5.75 Å². The van der Waals surface area contributed by atoms with E-state index in [9.17, 15) is 0 Å². The molecule has 1 aliphatic rings. The minimum atomic E-state index is 0.348. The molecule has 118 valence electrons. The van der Waals surface area contributed by atoms with E-state index < -0.39 is 0 Å². The van der Waals surface area contributed by atoms with E-state index >= 15 is 0 Å². The van der Waals surface area contributed by atoms with Crippen LogP contribution in [0.1, 0.15) is 52.5 Å². The molecule has 2 heteroatoms. The highest BCUT2D eigenvalue weighted by atomic mass is 16.5. The first-order valence-corrected chi connectivity index (χ1v) is 8.53. The Bertz CT molecular complexity index is 418. The quantitative estimate of drug-likeness (QED) is 0.766. The summed E-state index contributed by atoms with van der Waals surface area (Å²) in [6.07, 6.45) is 3.95. The van der Waals surface area contributed by atoms with Crippen molar-refractivity contribution in [2.45, 2.75) is 52.4 Å². The average Bonchev–Trinajstić information content (AvgIpc) is 2.42. The third kappa shape index (κ3) is 4.00. The van der Waals surface area contributed by atoms with Gasteiger partial charge in [0.05, 0.1) is 6.61 Å². The number of nitrogens with one attached hydrogen (secondary N) is 1. The van der Waals surface area contributed by atoms with E-state index in [0.29, 0.717) is 11.3 Å². The highest BCUT2D eigenvalue weighted by molar-refractivity contribution is 5.35. The molecule has 0 aromatic heterocycles. The molecule has 0 atom stereocenters. The Morgan fingerprint density at radius 3 is 2.38 bits per heavy atom. The summed E-state index contributed by atoms with van der Waals surface area (Å²) in [6, 6.07) is 8.80. The van der Waals surface area contributed by atoms with Gasteiger partial charge in [0, 0.05) is 12.0 Å². The lowest BCUT2D eigenvalue weighted by Crippen LogP contribution is -2.49. The zero-order chi connectivity index (χ0) is 15.3. The predicted octanol–water partition coefficient (Wildman–Crippen LogP) is 4.39. The number of ether oxygens (including phenoxy) is 1. The maximum absolute atomic E-state index is 5.56. The number of hydrogen-bond acceptors (Lipinski definition) is 2. The molecular weight excluding hydrogens is 258 g/mol. The van der Waals surface area contributed by atoms with Crippen LogP contribution in [0, 0.1) is 11.8 Å². The molecule has 2 rings (SSSR count). The molecule has 0 saturated heterocycles. The molecule has 0 amide bonds. The Balaban J connectivity index is 2.05. The third-order valence-corrected chi connectivity index (χ3v) is 4.73. The van der Waals surface area contributed by atoms with Crippen molar-refractivity contribution in [1.82, 2.24) is 5.32 Å². The van der Waals surface area contributed by atoms with Crippen LogP contribution in [0.3, 0.4) is 0 Å². The maximum Gasteiger partial charge on any atom is 0.119 e. The highest BCUT2D eigenvalue weighted by Crippen LogP contribution is 2.49. The van der Waals surface area contributed by atoms with Gasteiger partial charge in [-0.05, 0) is 55.8 Å². The van der Waals surface area contributed by atoms with Gasteiger partial charge in [-0.2, -0.15) is 0 Å². The molecule has 0 heterocycles. The molecule has 0 aliphatic heterocycles. The van der Waals surface area contributed by atoms with Gasteiger partial charge >= 0.3 is 0 Å². The summed E-state index contributed by atoms with van der Waals surface area (Å²) in [5.74, 6) is 2.60. The Hall–Kier alpha value is -1.02.